The maximum absolute atomic E-state index is 12.2. The number of furan rings is 1. The average Bonchev–Trinajstić information content (AvgIpc) is 3.22. The number of anilines is 1. The van der Waals surface area contributed by atoms with Crippen LogP contribution >= 0.6 is 0 Å². The number of amides is 2. The Morgan fingerprint density at radius 2 is 1.64 bits per heavy atom. The van der Waals surface area contributed by atoms with Crippen molar-refractivity contribution in [2.24, 2.45) is 5.10 Å². The SMILES string of the molecule is C/C(=N/NC(=O)COc1ccc(C(C)(C)C)cc1)c1ccc(NC(=O)c2ccc(C)o2)cc1. The summed E-state index contributed by atoms with van der Waals surface area (Å²) >= 11 is 0. The van der Waals surface area contributed by atoms with Crippen molar-refractivity contribution >= 4 is 23.2 Å². The summed E-state index contributed by atoms with van der Waals surface area (Å²) in [7, 11) is 0. The Morgan fingerprint density at radius 3 is 2.21 bits per heavy atom. The van der Waals surface area contributed by atoms with Crippen LogP contribution < -0.4 is 15.5 Å². The second-order valence-electron chi connectivity index (χ2n) is 8.74. The maximum Gasteiger partial charge on any atom is 0.291 e. The van der Waals surface area contributed by atoms with Crippen molar-refractivity contribution in [3.63, 3.8) is 0 Å². The number of carbonyl (C=O) groups is 2. The van der Waals surface area contributed by atoms with E-state index in [4.69, 9.17) is 9.15 Å². The molecule has 0 radical (unpaired) electrons. The molecule has 0 aliphatic rings. The molecule has 0 saturated heterocycles. The lowest BCUT2D eigenvalue weighted by molar-refractivity contribution is -0.123. The van der Waals surface area contributed by atoms with E-state index < -0.39 is 0 Å². The van der Waals surface area contributed by atoms with Crippen LogP contribution in [0.4, 0.5) is 5.69 Å². The van der Waals surface area contributed by atoms with Crippen LogP contribution in [0.5, 0.6) is 5.75 Å². The molecule has 2 aromatic carbocycles. The van der Waals surface area contributed by atoms with Crippen LogP contribution in [0.15, 0.2) is 70.2 Å². The molecule has 2 N–H and O–H groups in total. The van der Waals surface area contributed by atoms with Gasteiger partial charge in [0.2, 0.25) is 0 Å². The van der Waals surface area contributed by atoms with Gasteiger partial charge in [-0.25, -0.2) is 5.43 Å². The number of carbonyl (C=O) groups excluding carboxylic acids is 2. The van der Waals surface area contributed by atoms with Gasteiger partial charge in [-0.05, 0) is 66.8 Å². The van der Waals surface area contributed by atoms with Crippen molar-refractivity contribution in [1.29, 1.82) is 0 Å². The Morgan fingerprint density at radius 1 is 0.970 bits per heavy atom. The summed E-state index contributed by atoms with van der Waals surface area (Å²) in [5.41, 5.74) is 5.81. The summed E-state index contributed by atoms with van der Waals surface area (Å²) in [6.45, 7) is 9.85. The molecule has 0 atom stereocenters. The molecule has 0 bridgehead atoms. The second kappa shape index (κ2) is 10.2. The largest absolute Gasteiger partial charge is 0.484 e. The number of benzene rings is 2. The van der Waals surface area contributed by atoms with Crippen LogP contribution in [0, 0.1) is 6.92 Å². The van der Waals surface area contributed by atoms with Gasteiger partial charge in [0, 0.05) is 5.69 Å². The molecular weight excluding hydrogens is 418 g/mol. The third kappa shape index (κ3) is 6.80. The van der Waals surface area contributed by atoms with Crippen molar-refractivity contribution in [1.82, 2.24) is 5.43 Å². The van der Waals surface area contributed by atoms with E-state index in [9.17, 15) is 9.59 Å². The molecule has 0 aliphatic heterocycles. The first-order chi connectivity index (χ1) is 15.6. The highest BCUT2D eigenvalue weighted by atomic mass is 16.5. The molecule has 7 heteroatoms. The van der Waals surface area contributed by atoms with Crippen molar-refractivity contribution in [3.8, 4) is 5.75 Å². The molecule has 3 aromatic rings. The lowest BCUT2D eigenvalue weighted by Crippen LogP contribution is -2.25. The molecule has 33 heavy (non-hydrogen) atoms. The van der Waals surface area contributed by atoms with E-state index >= 15 is 0 Å². The zero-order valence-electron chi connectivity index (χ0n) is 19.6. The van der Waals surface area contributed by atoms with E-state index in [1.54, 1.807) is 50.2 Å². The molecule has 2 amide bonds. The number of hydrogen-bond donors (Lipinski definition) is 2. The second-order valence-corrected chi connectivity index (χ2v) is 8.74. The molecule has 0 aliphatic carbocycles. The van der Waals surface area contributed by atoms with Crippen molar-refractivity contribution in [3.05, 3.63) is 83.3 Å². The predicted molar refractivity (Wildman–Crippen MR) is 129 cm³/mol. The summed E-state index contributed by atoms with van der Waals surface area (Å²) < 4.78 is 10.9. The zero-order chi connectivity index (χ0) is 24.0. The van der Waals surface area contributed by atoms with Crippen LogP contribution in [0.1, 0.15) is 55.1 Å². The minimum absolute atomic E-state index is 0.0600. The van der Waals surface area contributed by atoms with Crippen LogP contribution in [0.3, 0.4) is 0 Å². The molecule has 1 heterocycles. The third-order valence-corrected chi connectivity index (χ3v) is 4.96. The Kier molecular flexibility index (Phi) is 7.33. The van der Waals surface area contributed by atoms with Gasteiger partial charge >= 0.3 is 0 Å². The number of nitrogens with one attached hydrogen (secondary N) is 2. The monoisotopic (exact) mass is 447 g/mol. The first-order valence-electron chi connectivity index (χ1n) is 10.7. The van der Waals surface area contributed by atoms with Gasteiger partial charge in [-0.1, -0.05) is 45.0 Å². The molecule has 7 nitrogen and oxygen atoms in total. The lowest BCUT2D eigenvalue weighted by atomic mass is 9.87. The molecule has 0 spiro atoms. The molecule has 1 aromatic heterocycles. The smallest absolute Gasteiger partial charge is 0.291 e. The van der Waals surface area contributed by atoms with Gasteiger partial charge in [-0.2, -0.15) is 5.10 Å². The van der Waals surface area contributed by atoms with Gasteiger partial charge in [0.05, 0.1) is 5.71 Å². The Labute approximate surface area is 193 Å². The van der Waals surface area contributed by atoms with Crippen molar-refractivity contribution in [2.45, 2.75) is 40.0 Å². The fourth-order valence-corrected chi connectivity index (χ4v) is 2.99. The van der Waals surface area contributed by atoms with E-state index in [-0.39, 0.29) is 29.6 Å². The van der Waals surface area contributed by atoms with Crippen LogP contribution in [0.2, 0.25) is 0 Å². The minimum atomic E-state index is -0.355. The Bertz CT molecular complexity index is 1140. The third-order valence-electron chi connectivity index (χ3n) is 4.96. The molecule has 0 saturated carbocycles. The first-order valence-corrected chi connectivity index (χ1v) is 10.7. The number of hydrazone groups is 1. The van der Waals surface area contributed by atoms with Crippen LogP contribution in [0.25, 0.3) is 0 Å². The topological polar surface area (TPSA) is 92.9 Å². The van der Waals surface area contributed by atoms with Gasteiger partial charge in [-0.3, -0.25) is 9.59 Å². The van der Waals surface area contributed by atoms with Crippen molar-refractivity contribution < 1.29 is 18.7 Å². The van der Waals surface area contributed by atoms with Gasteiger partial charge in [0.1, 0.15) is 11.5 Å². The molecule has 0 fully saturated rings. The van der Waals surface area contributed by atoms with Gasteiger partial charge in [0.15, 0.2) is 12.4 Å². The maximum atomic E-state index is 12.2. The summed E-state index contributed by atoms with van der Waals surface area (Å²) in [6, 6.07) is 18.2. The fraction of sp³-hybridized carbons (Fsp3) is 0.269. The normalized spacial score (nSPS) is 11.7. The van der Waals surface area contributed by atoms with Gasteiger partial charge in [0.25, 0.3) is 11.8 Å². The minimum Gasteiger partial charge on any atom is -0.484 e. The van der Waals surface area contributed by atoms with Crippen LogP contribution in [-0.4, -0.2) is 24.1 Å². The standard InChI is InChI=1S/C26H29N3O4/c1-17-6-15-23(33-17)25(31)27-21-11-7-19(8-12-21)18(2)28-29-24(30)16-32-22-13-9-20(10-14-22)26(3,4)5/h6-15H,16H2,1-5H3,(H,27,31)(H,29,30)/b28-18-. The average molecular weight is 448 g/mol. The molecule has 0 unspecified atom stereocenters. The fourth-order valence-electron chi connectivity index (χ4n) is 2.99. The number of ether oxygens (including phenoxy) is 1. The lowest BCUT2D eigenvalue weighted by Gasteiger charge is -2.19. The summed E-state index contributed by atoms with van der Waals surface area (Å²) in [4.78, 5) is 24.3. The highest BCUT2D eigenvalue weighted by Gasteiger charge is 2.13. The van der Waals surface area contributed by atoms with Gasteiger partial charge < -0.3 is 14.5 Å². The first kappa shape index (κ1) is 23.8. The number of hydrogen-bond acceptors (Lipinski definition) is 5. The van der Waals surface area contributed by atoms with E-state index in [1.807, 2.05) is 24.3 Å². The van der Waals surface area contributed by atoms with E-state index in [1.165, 1.54) is 5.56 Å². The van der Waals surface area contributed by atoms with Crippen LogP contribution in [-0.2, 0) is 10.2 Å². The summed E-state index contributed by atoms with van der Waals surface area (Å²) in [6.07, 6.45) is 0. The van der Waals surface area contributed by atoms with E-state index in [2.05, 4.69) is 36.6 Å². The number of nitrogens with zero attached hydrogens (tertiary/aromatic N) is 1. The highest BCUT2D eigenvalue weighted by molar-refractivity contribution is 6.03. The highest BCUT2D eigenvalue weighted by Crippen LogP contribution is 2.24. The van der Waals surface area contributed by atoms with E-state index in [0.717, 1.165) is 5.56 Å². The Hall–Kier alpha value is -3.87. The predicted octanol–water partition coefficient (Wildman–Crippen LogP) is 5.06. The number of aryl methyl sites for hydroxylation is 1. The Balaban J connectivity index is 1.49. The molecular formula is C26H29N3O4. The van der Waals surface area contributed by atoms with E-state index in [0.29, 0.717) is 22.9 Å². The summed E-state index contributed by atoms with van der Waals surface area (Å²) in [5, 5.41) is 6.90. The zero-order valence-corrected chi connectivity index (χ0v) is 19.6. The molecule has 172 valence electrons. The quantitative estimate of drug-likeness (QED) is 0.391. The molecule has 3 rings (SSSR count). The van der Waals surface area contributed by atoms with Gasteiger partial charge in [-0.15, -0.1) is 0 Å². The summed E-state index contributed by atoms with van der Waals surface area (Å²) in [5.74, 6) is 0.882. The number of rotatable bonds is 7. The van der Waals surface area contributed by atoms with Crippen molar-refractivity contribution in [2.75, 3.05) is 11.9 Å².